The van der Waals surface area contributed by atoms with Gasteiger partial charge in [0.25, 0.3) is 0 Å². The van der Waals surface area contributed by atoms with Crippen molar-refractivity contribution in [1.29, 1.82) is 0 Å². The van der Waals surface area contributed by atoms with E-state index in [4.69, 9.17) is 11.6 Å². The summed E-state index contributed by atoms with van der Waals surface area (Å²) in [5.41, 5.74) is 1.71. The van der Waals surface area contributed by atoms with E-state index in [0.29, 0.717) is 24.0 Å². The van der Waals surface area contributed by atoms with Gasteiger partial charge in [-0.1, -0.05) is 25.4 Å². The summed E-state index contributed by atoms with van der Waals surface area (Å²) in [5.74, 6) is 0.221. The van der Waals surface area contributed by atoms with Gasteiger partial charge in [0.2, 0.25) is 0 Å². The second-order valence-corrected chi connectivity index (χ2v) is 5.26. The van der Waals surface area contributed by atoms with Crippen LogP contribution in [0.3, 0.4) is 0 Å². The molecule has 5 heteroatoms. The topological polar surface area (TPSA) is 46.9 Å². The van der Waals surface area contributed by atoms with Crippen LogP contribution in [0.25, 0.3) is 0 Å². The summed E-state index contributed by atoms with van der Waals surface area (Å²) in [6.07, 6.45) is 1.85. The van der Waals surface area contributed by atoms with Crippen LogP contribution in [0, 0.1) is 6.92 Å². The Morgan fingerprint density at radius 1 is 1.50 bits per heavy atom. The Kier molecular flexibility index (Phi) is 5.82. The Bertz CT molecular complexity index is 413. The number of rotatable bonds is 7. The quantitative estimate of drug-likeness (QED) is 0.774. The molecule has 102 valence electrons. The van der Waals surface area contributed by atoms with Gasteiger partial charge in [-0.2, -0.15) is 5.10 Å². The lowest BCUT2D eigenvalue weighted by Gasteiger charge is -2.07. The van der Waals surface area contributed by atoms with Crippen LogP contribution >= 0.6 is 11.6 Å². The molecule has 1 aromatic rings. The lowest BCUT2D eigenvalue weighted by Crippen LogP contribution is -2.24. The first-order valence-electron chi connectivity index (χ1n) is 6.35. The van der Waals surface area contributed by atoms with Crippen LogP contribution in [0.2, 0.25) is 5.15 Å². The van der Waals surface area contributed by atoms with Gasteiger partial charge in [-0.25, -0.2) is 0 Å². The average molecular weight is 272 g/mol. The highest BCUT2D eigenvalue weighted by molar-refractivity contribution is 6.30. The maximum absolute atomic E-state index is 11.8. The molecule has 0 aliphatic carbocycles. The lowest BCUT2D eigenvalue weighted by atomic mass is 10.1. The predicted octanol–water partition coefficient (Wildman–Crippen LogP) is 2.27. The van der Waals surface area contributed by atoms with E-state index in [-0.39, 0.29) is 5.78 Å². The number of halogens is 1. The van der Waals surface area contributed by atoms with Gasteiger partial charge in [0, 0.05) is 31.5 Å². The third kappa shape index (κ3) is 4.42. The lowest BCUT2D eigenvalue weighted by molar-refractivity contribution is -0.118. The summed E-state index contributed by atoms with van der Waals surface area (Å²) < 4.78 is 1.61. The van der Waals surface area contributed by atoms with Crippen LogP contribution in [0.15, 0.2) is 0 Å². The predicted molar refractivity (Wildman–Crippen MR) is 74.0 cm³/mol. The second kappa shape index (κ2) is 6.90. The summed E-state index contributed by atoms with van der Waals surface area (Å²) >= 11 is 6.10. The molecular weight excluding hydrogens is 250 g/mol. The molecular formula is C13H22ClN3O. The Labute approximate surface area is 114 Å². The Morgan fingerprint density at radius 3 is 2.67 bits per heavy atom. The minimum atomic E-state index is 0.221. The molecule has 0 radical (unpaired) electrons. The number of ketones is 1. The number of aromatic nitrogens is 2. The maximum Gasteiger partial charge on any atom is 0.137 e. The zero-order chi connectivity index (χ0) is 13.7. The molecule has 0 saturated heterocycles. The first-order valence-corrected chi connectivity index (χ1v) is 6.72. The number of Topliss-reactive ketones (excluding diaryl/α,β-unsaturated/α-hetero) is 1. The number of nitrogens with zero attached hydrogens (tertiary/aromatic N) is 2. The molecule has 0 unspecified atom stereocenters. The number of carbonyl (C=O) groups excluding carboxylic acids is 1. The van der Waals surface area contributed by atoms with Gasteiger partial charge >= 0.3 is 0 Å². The fraction of sp³-hybridized carbons (Fsp3) is 0.692. The molecule has 0 aliphatic heterocycles. The van der Waals surface area contributed by atoms with Crippen molar-refractivity contribution >= 4 is 17.4 Å². The minimum Gasteiger partial charge on any atom is -0.315 e. The van der Waals surface area contributed by atoms with Gasteiger partial charge in [0.15, 0.2) is 0 Å². The van der Waals surface area contributed by atoms with Gasteiger partial charge in [-0.05, 0) is 19.9 Å². The number of nitrogens with one attached hydrogen (secondary N) is 1. The highest BCUT2D eigenvalue weighted by Crippen LogP contribution is 2.19. The van der Waals surface area contributed by atoms with E-state index in [9.17, 15) is 4.79 Å². The van der Waals surface area contributed by atoms with Gasteiger partial charge < -0.3 is 5.32 Å². The summed E-state index contributed by atoms with van der Waals surface area (Å²) in [6, 6.07) is 0.468. The fourth-order valence-corrected chi connectivity index (χ4v) is 2.08. The van der Waals surface area contributed by atoms with Crippen LogP contribution < -0.4 is 5.32 Å². The Hall–Kier alpha value is -0.870. The van der Waals surface area contributed by atoms with Gasteiger partial charge in [-0.15, -0.1) is 0 Å². The highest BCUT2D eigenvalue weighted by atomic mass is 35.5. The number of carbonyl (C=O) groups is 1. The van der Waals surface area contributed by atoms with Crippen LogP contribution in [-0.4, -0.2) is 28.2 Å². The van der Waals surface area contributed by atoms with Crippen LogP contribution in [0.4, 0.5) is 0 Å². The molecule has 0 amide bonds. The molecule has 0 fully saturated rings. The van der Waals surface area contributed by atoms with E-state index in [0.717, 1.165) is 24.2 Å². The second-order valence-electron chi connectivity index (χ2n) is 4.91. The molecule has 1 heterocycles. The average Bonchev–Trinajstić information content (AvgIpc) is 2.51. The van der Waals surface area contributed by atoms with Crippen molar-refractivity contribution in [1.82, 2.24) is 15.1 Å². The van der Waals surface area contributed by atoms with E-state index in [1.54, 1.807) is 11.7 Å². The minimum absolute atomic E-state index is 0.221. The summed E-state index contributed by atoms with van der Waals surface area (Å²) in [4.78, 5) is 11.8. The number of hydrogen-bond donors (Lipinski definition) is 1. The summed E-state index contributed by atoms with van der Waals surface area (Å²) in [7, 11) is 1.79. The molecule has 18 heavy (non-hydrogen) atoms. The zero-order valence-electron chi connectivity index (χ0n) is 11.6. The Balaban J connectivity index is 2.40. The molecule has 1 aromatic heterocycles. The van der Waals surface area contributed by atoms with Gasteiger partial charge in [0.1, 0.15) is 10.9 Å². The van der Waals surface area contributed by atoms with Crippen molar-refractivity contribution in [2.24, 2.45) is 7.05 Å². The number of hydrogen-bond acceptors (Lipinski definition) is 3. The number of aryl methyl sites for hydroxylation is 2. The van der Waals surface area contributed by atoms with E-state index in [2.05, 4.69) is 24.3 Å². The smallest absolute Gasteiger partial charge is 0.137 e. The Morgan fingerprint density at radius 2 is 2.17 bits per heavy atom. The van der Waals surface area contributed by atoms with Crippen molar-refractivity contribution in [3.05, 3.63) is 16.4 Å². The van der Waals surface area contributed by atoms with Crippen molar-refractivity contribution in [2.45, 2.75) is 46.1 Å². The van der Waals surface area contributed by atoms with Crippen molar-refractivity contribution in [3.63, 3.8) is 0 Å². The molecule has 1 N–H and O–H groups in total. The van der Waals surface area contributed by atoms with Gasteiger partial charge in [0.05, 0.1) is 5.69 Å². The third-order valence-corrected chi connectivity index (χ3v) is 3.30. The van der Waals surface area contributed by atoms with Crippen LogP contribution in [0.1, 0.15) is 37.9 Å². The largest absolute Gasteiger partial charge is 0.315 e. The van der Waals surface area contributed by atoms with Crippen molar-refractivity contribution in [2.75, 3.05) is 6.54 Å². The SMILES string of the molecule is Cc1nn(C)c(Cl)c1CC(=O)CCCNC(C)C. The standard InChI is InChI=1S/C13H22ClN3O/c1-9(2)15-7-5-6-11(18)8-12-10(3)16-17(4)13(12)14/h9,15H,5-8H2,1-4H3. The molecule has 0 atom stereocenters. The van der Waals surface area contributed by atoms with Crippen LogP contribution in [-0.2, 0) is 18.3 Å². The molecule has 0 bridgehead atoms. The molecule has 4 nitrogen and oxygen atoms in total. The molecule has 0 aromatic carbocycles. The summed E-state index contributed by atoms with van der Waals surface area (Å²) in [6.45, 7) is 6.96. The van der Waals surface area contributed by atoms with Crippen molar-refractivity contribution in [3.8, 4) is 0 Å². The fourth-order valence-electron chi connectivity index (χ4n) is 1.84. The first kappa shape index (κ1) is 15.2. The normalized spacial score (nSPS) is 11.2. The van der Waals surface area contributed by atoms with E-state index in [1.165, 1.54) is 0 Å². The maximum atomic E-state index is 11.8. The van der Waals surface area contributed by atoms with E-state index in [1.807, 2.05) is 6.92 Å². The van der Waals surface area contributed by atoms with Gasteiger partial charge in [-0.3, -0.25) is 9.48 Å². The van der Waals surface area contributed by atoms with Crippen molar-refractivity contribution < 1.29 is 4.79 Å². The summed E-state index contributed by atoms with van der Waals surface area (Å²) in [5, 5.41) is 8.07. The van der Waals surface area contributed by atoms with Crippen LogP contribution in [0.5, 0.6) is 0 Å². The molecule has 0 spiro atoms. The molecule has 1 rings (SSSR count). The van der Waals surface area contributed by atoms with E-state index < -0.39 is 0 Å². The molecule has 0 aliphatic rings. The monoisotopic (exact) mass is 271 g/mol. The highest BCUT2D eigenvalue weighted by Gasteiger charge is 2.14. The third-order valence-electron chi connectivity index (χ3n) is 2.83. The van der Waals surface area contributed by atoms with E-state index >= 15 is 0 Å². The first-order chi connectivity index (χ1) is 8.41. The zero-order valence-corrected chi connectivity index (χ0v) is 12.3. The molecule has 0 saturated carbocycles.